The van der Waals surface area contributed by atoms with E-state index in [-0.39, 0.29) is 40.6 Å². The Morgan fingerprint density at radius 3 is 2.50 bits per heavy atom. The smallest absolute Gasteiger partial charge is 0.411 e. The second kappa shape index (κ2) is 12.2. The Bertz CT molecular complexity index is 1930. The second-order valence-corrected chi connectivity index (χ2v) is 11.4. The van der Waals surface area contributed by atoms with Crippen molar-refractivity contribution in [1.82, 2.24) is 30.0 Å². The number of carbonyl (C=O) groups excluding carboxylic acids is 2. The average molecular weight is 699 g/mol. The van der Waals surface area contributed by atoms with Crippen LogP contribution in [0.15, 0.2) is 59.9 Å². The third kappa shape index (κ3) is 6.07. The number of amides is 2. The van der Waals surface area contributed by atoms with Crippen molar-refractivity contribution in [2.45, 2.75) is 49.5 Å². The molecule has 19 heteroatoms. The lowest BCUT2D eigenvalue weighted by Gasteiger charge is -2.29. The number of rotatable bonds is 9. The molecule has 1 fully saturated rings. The van der Waals surface area contributed by atoms with Gasteiger partial charge in [-0.3, -0.25) is 9.69 Å². The van der Waals surface area contributed by atoms with Crippen molar-refractivity contribution in [3.8, 4) is 5.69 Å². The molecule has 3 N–H and O–H groups in total. The van der Waals surface area contributed by atoms with Gasteiger partial charge in [0.15, 0.2) is 17.8 Å². The number of nitrogens with one attached hydrogen (secondary N) is 1. The normalized spacial score (nSPS) is 18.0. The van der Waals surface area contributed by atoms with Crippen LogP contribution >= 0.6 is 11.6 Å². The van der Waals surface area contributed by atoms with Crippen LogP contribution in [-0.2, 0) is 9.53 Å². The highest BCUT2D eigenvalue weighted by Crippen LogP contribution is 2.49. The molecule has 2 aromatic carbocycles. The van der Waals surface area contributed by atoms with Gasteiger partial charge in [0.1, 0.15) is 24.2 Å². The SMILES string of the molecule is NC1=NC(c2ccc3nc(C(F)F)ccc3c2)C(=O)N1C(COC(=O)NC1(C(F)(F)F)CC1)c1ccc(Cl)c(-n2ncnc2C(F)F)c1. The van der Waals surface area contributed by atoms with Gasteiger partial charge in [-0.05, 0) is 54.3 Å². The molecule has 2 atom stereocenters. The molecule has 2 aliphatic rings. The van der Waals surface area contributed by atoms with Gasteiger partial charge in [-0.15, -0.1) is 0 Å². The molecule has 0 saturated heterocycles. The Morgan fingerprint density at radius 2 is 1.83 bits per heavy atom. The van der Waals surface area contributed by atoms with Gasteiger partial charge < -0.3 is 15.8 Å². The van der Waals surface area contributed by atoms with Gasteiger partial charge in [-0.2, -0.15) is 18.3 Å². The van der Waals surface area contributed by atoms with Crippen LogP contribution in [0.2, 0.25) is 5.02 Å². The van der Waals surface area contributed by atoms with E-state index in [2.05, 4.69) is 20.1 Å². The lowest BCUT2D eigenvalue weighted by Crippen LogP contribution is -2.49. The Morgan fingerprint density at radius 1 is 1.08 bits per heavy atom. The van der Waals surface area contributed by atoms with E-state index in [0.29, 0.717) is 10.9 Å². The number of aromatic nitrogens is 4. The average Bonchev–Trinajstić information content (AvgIpc) is 3.55. The Hall–Kier alpha value is -5.00. The summed E-state index contributed by atoms with van der Waals surface area (Å²) in [5.74, 6) is -1.88. The van der Waals surface area contributed by atoms with E-state index in [0.717, 1.165) is 22.0 Å². The number of ether oxygens (including phenoxy) is 1. The van der Waals surface area contributed by atoms with Crippen LogP contribution < -0.4 is 11.1 Å². The minimum atomic E-state index is -4.73. The van der Waals surface area contributed by atoms with Gasteiger partial charge in [0.25, 0.3) is 18.8 Å². The number of benzene rings is 2. The van der Waals surface area contributed by atoms with Crippen molar-refractivity contribution in [2.24, 2.45) is 10.7 Å². The van der Waals surface area contributed by atoms with Gasteiger partial charge in [-0.25, -0.2) is 42.0 Å². The highest BCUT2D eigenvalue weighted by atomic mass is 35.5. The first kappa shape index (κ1) is 32.9. The number of fused-ring (bicyclic) bond motifs is 1. The van der Waals surface area contributed by atoms with E-state index in [9.17, 15) is 40.3 Å². The van der Waals surface area contributed by atoms with Gasteiger partial charge in [0.05, 0.1) is 22.3 Å². The van der Waals surface area contributed by atoms with Crippen LogP contribution in [0.25, 0.3) is 16.6 Å². The monoisotopic (exact) mass is 698 g/mol. The molecule has 1 saturated carbocycles. The molecule has 0 radical (unpaired) electrons. The molecular formula is C29H22ClF7N8O3. The van der Waals surface area contributed by atoms with E-state index in [1.807, 2.05) is 5.32 Å². The fourth-order valence-electron chi connectivity index (χ4n) is 5.27. The lowest BCUT2D eigenvalue weighted by molar-refractivity contribution is -0.164. The Balaban J connectivity index is 1.34. The quantitative estimate of drug-likeness (QED) is 0.201. The molecule has 2 amide bonds. The number of carbonyl (C=O) groups is 2. The van der Waals surface area contributed by atoms with Gasteiger partial charge >= 0.3 is 12.3 Å². The van der Waals surface area contributed by atoms with Crippen molar-refractivity contribution in [2.75, 3.05) is 6.61 Å². The number of nitrogens with two attached hydrogens (primary N) is 1. The zero-order valence-electron chi connectivity index (χ0n) is 24.1. The summed E-state index contributed by atoms with van der Waals surface area (Å²) in [5, 5.41) is 5.97. The number of aliphatic imine (C=N–C) groups is 1. The minimum absolute atomic E-state index is 0.0588. The van der Waals surface area contributed by atoms with Crippen LogP contribution in [0.3, 0.4) is 0 Å². The standard InChI is InChI=1S/C29H22ClF7N8O3/c30-16-4-1-14(10-19(16)45-24(23(33)34)39-12-40-45)20(11-48-27(47)43-28(7-8-28)29(35,36)37)44-25(46)21(42-26(44)38)15-3-5-17-13(9-15)2-6-18(41-17)22(31)32/h1-6,9-10,12,20-23H,7-8,11H2,(H2,38,42)(H,43,47). The van der Waals surface area contributed by atoms with E-state index in [1.165, 1.54) is 42.5 Å². The zero-order chi connectivity index (χ0) is 34.5. The summed E-state index contributed by atoms with van der Waals surface area (Å²) in [6, 6.07) is 8.17. The fourth-order valence-corrected chi connectivity index (χ4v) is 5.47. The number of pyridine rings is 1. The maximum absolute atomic E-state index is 13.9. The van der Waals surface area contributed by atoms with Gasteiger partial charge in [-0.1, -0.05) is 29.8 Å². The van der Waals surface area contributed by atoms with Crippen LogP contribution in [0, 0.1) is 0 Å². The Labute approximate surface area is 270 Å². The second-order valence-electron chi connectivity index (χ2n) is 10.9. The minimum Gasteiger partial charge on any atom is -0.447 e. The van der Waals surface area contributed by atoms with E-state index >= 15 is 0 Å². The number of hydrogen-bond donors (Lipinski definition) is 2. The molecule has 4 aromatic rings. The first-order chi connectivity index (χ1) is 22.7. The van der Waals surface area contributed by atoms with Crippen molar-refractivity contribution in [3.05, 3.63) is 82.5 Å². The summed E-state index contributed by atoms with van der Waals surface area (Å²) in [7, 11) is 0. The number of halogens is 8. The molecule has 6 rings (SSSR count). The number of alkyl halides is 7. The van der Waals surface area contributed by atoms with E-state index < -0.39 is 66.8 Å². The fraction of sp³-hybridized carbons (Fsp3) is 0.310. The molecule has 3 heterocycles. The van der Waals surface area contributed by atoms with Gasteiger partial charge in [0, 0.05) is 5.39 Å². The molecule has 252 valence electrons. The Kier molecular flexibility index (Phi) is 8.38. The summed E-state index contributed by atoms with van der Waals surface area (Å²) in [6.45, 7) is -0.757. The predicted molar refractivity (Wildman–Crippen MR) is 154 cm³/mol. The molecule has 0 bridgehead atoms. The van der Waals surface area contributed by atoms with E-state index in [1.54, 1.807) is 0 Å². The number of nitrogens with zero attached hydrogens (tertiary/aromatic N) is 6. The number of hydrogen-bond acceptors (Lipinski definition) is 8. The summed E-state index contributed by atoms with van der Waals surface area (Å²) >= 11 is 6.30. The molecule has 0 spiro atoms. The van der Waals surface area contributed by atoms with Crippen molar-refractivity contribution in [1.29, 1.82) is 0 Å². The van der Waals surface area contributed by atoms with Crippen LogP contribution in [0.4, 0.5) is 35.5 Å². The molecule has 11 nitrogen and oxygen atoms in total. The molecule has 2 unspecified atom stereocenters. The maximum atomic E-state index is 13.9. The third-order valence-electron chi connectivity index (χ3n) is 7.92. The van der Waals surface area contributed by atoms with Gasteiger partial charge in [0.2, 0.25) is 0 Å². The summed E-state index contributed by atoms with van der Waals surface area (Å²) in [6.07, 6.45) is -11.8. The van der Waals surface area contributed by atoms with Crippen molar-refractivity contribution < 1.29 is 45.1 Å². The molecular weight excluding hydrogens is 677 g/mol. The molecule has 48 heavy (non-hydrogen) atoms. The topological polar surface area (TPSA) is 141 Å². The summed E-state index contributed by atoms with van der Waals surface area (Å²) in [5.41, 5.74) is 3.84. The van der Waals surface area contributed by atoms with Crippen LogP contribution in [-0.4, -0.2) is 60.9 Å². The predicted octanol–water partition coefficient (Wildman–Crippen LogP) is 6.10. The number of guanidine groups is 1. The third-order valence-corrected chi connectivity index (χ3v) is 8.24. The number of alkyl carbamates (subject to hydrolysis) is 1. The van der Waals surface area contributed by atoms with E-state index in [4.69, 9.17) is 22.1 Å². The van der Waals surface area contributed by atoms with Crippen LogP contribution in [0.1, 0.15) is 60.4 Å². The van der Waals surface area contributed by atoms with Crippen molar-refractivity contribution >= 4 is 40.5 Å². The first-order valence-corrected chi connectivity index (χ1v) is 14.4. The highest BCUT2D eigenvalue weighted by molar-refractivity contribution is 6.32. The lowest BCUT2D eigenvalue weighted by atomic mass is 10.0. The molecule has 1 aliphatic carbocycles. The zero-order valence-corrected chi connectivity index (χ0v) is 24.9. The first-order valence-electron chi connectivity index (χ1n) is 14.0. The molecule has 2 aromatic heterocycles. The maximum Gasteiger partial charge on any atom is 0.411 e. The van der Waals surface area contributed by atoms with Crippen LogP contribution in [0.5, 0.6) is 0 Å². The largest absolute Gasteiger partial charge is 0.447 e. The van der Waals surface area contributed by atoms with Crippen molar-refractivity contribution in [3.63, 3.8) is 0 Å². The highest BCUT2D eigenvalue weighted by Gasteiger charge is 2.64. The molecule has 1 aliphatic heterocycles. The summed E-state index contributed by atoms with van der Waals surface area (Å²) < 4.78 is 99.9. The summed E-state index contributed by atoms with van der Waals surface area (Å²) in [4.78, 5) is 39.1.